The fraction of sp³-hybridized carbons (Fsp3) is 1.00. The third kappa shape index (κ3) is 4.14. The molecular formula is C17H34N2S. The Morgan fingerprint density at radius 1 is 1.20 bits per heavy atom. The van der Waals surface area contributed by atoms with Crippen molar-refractivity contribution in [2.24, 2.45) is 17.3 Å². The van der Waals surface area contributed by atoms with Crippen molar-refractivity contribution >= 4 is 11.8 Å². The number of nitrogens with one attached hydrogen (secondary N) is 1. The molecule has 1 saturated heterocycles. The van der Waals surface area contributed by atoms with E-state index in [0.29, 0.717) is 5.41 Å². The molecule has 3 heteroatoms. The Kier molecular flexibility index (Phi) is 5.84. The van der Waals surface area contributed by atoms with Gasteiger partial charge in [-0.1, -0.05) is 20.8 Å². The molecule has 0 radical (unpaired) electrons. The number of hydrogen-bond donors (Lipinski definition) is 1. The fourth-order valence-corrected chi connectivity index (χ4v) is 5.32. The summed E-state index contributed by atoms with van der Waals surface area (Å²) in [4.78, 5) is 2.65. The Bertz CT molecular complexity index is 294. The van der Waals surface area contributed by atoms with Crippen LogP contribution in [0.25, 0.3) is 0 Å². The van der Waals surface area contributed by atoms with E-state index < -0.39 is 0 Å². The molecule has 0 aromatic rings. The third-order valence-corrected chi connectivity index (χ3v) is 6.77. The lowest BCUT2D eigenvalue weighted by Gasteiger charge is -2.43. The lowest BCUT2D eigenvalue weighted by Crippen LogP contribution is -2.47. The van der Waals surface area contributed by atoms with Crippen LogP contribution in [-0.2, 0) is 0 Å². The molecule has 4 atom stereocenters. The van der Waals surface area contributed by atoms with E-state index in [4.69, 9.17) is 0 Å². The van der Waals surface area contributed by atoms with Crippen LogP contribution in [0.4, 0.5) is 0 Å². The Labute approximate surface area is 130 Å². The van der Waals surface area contributed by atoms with Crippen LogP contribution >= 0.6 is 11.8 Å². The molecule has 1 heterocycles. The zero-order valence-corrected chi connectivity index (χ0v) is 14.9. The zero-order chi connectivity index (χ0) is 14.8. The van der Waals surface area contributed by atoms with Gasteiger partial charge >= 0.3 is 0 Å². The van der Waals surface area contributed by atoms with Gasteiger partial charge in [0.2, 0.25) is 0 Å². The van der Waals surface area contributed by atoms with Crippen LogP contribution < -0.4 is 5.32 Å². The molecule has 0 amide bonds. The molecule has 2 aliphatic rings. The summed E-state index contributed by atoms with van der Waals surface area (Å²) >= 11 is 2.13. The van der Waals surface area contributed by atoms with E-state index in [0.717, 1.165) is 23.9 Å². The maximum Gasteiger partial charge on any atom is 0.0191 e. The van der Waals surface area contributed by atoms with Gasteiger partial charge in [-0.15, -0.1) is 0 Å². The highest BCUT2D eigenvalue weighted by atomic mass is 32.2. The summed E-state index contributed by atoms with van der Waals surface area (Å²) in [5.74, 6) is 4.42. The summed E-state index contributed by atoms with van der Waals surface area (Å²) in [6.45, 7) is 8.55. The van der Waals surface area contributed by atoms with Crippen LogP contribution in [0.5, 0.6) is 0 Å². The highest BCUT2D eigenvalue weighted by molar-refractivity contribution is 7.99. The number of hydrogen-bond acceptors (Lipinski definition) is 3. The van der Waals surface area contributed by atoms with Crippen molar-refractivity contribution in [1.82, 2.24) is 10.2 Å². The van der Waals surface area contributed by atoms with E-state index in [9.17, 15) is 0 Å². The average molecular weight is 299 g/mol. The van der Waals surface area contributed by atoms with Gasteiger partial charge < -0.3 is 10.2 Å². The molecule has 2 nitrogen and oxygen atoms in total. The van der Waals surface area contributed by atoms with E-state index in [1.165, 1.54) is 43.7 Å². The Morgan fingerprint density at radius 3 is 2.50 bits per heavy atom. The smallest absolute Gasteiger partial charge is 0.0191 e. The van der Waals surface area contributed by atoms with Crippen LogP contribution in [-0.4, -0.2) is 49.1 Å². The van der Waals surface area contributed by atoms with Crippen molar-refractivity contribution in [3.63, 3.8) is 0 Å². The van der Waals surface area contributed by atoms with E-state index in [1.807, 2.05) is 0 Å². The van der Waals surface area contributed by atoms with Crippen LogP contribution in [0, 0.1) is 17.3 Å². The monoisotopic (exact) mass is 298 g/mol. The highest BCUT2D eigenvalue weighted by Crippen LogP contribution is 2.40. The van der Waals surface area contributed by atoms with Crippen molar-refractivity contribution in [1.29, 1.82) is 0 Å². The minimum absolute atomic E-state index is 0.471. The number of nitrogens with zero attached hydrogens (tertiary/aromatic N) is 1. The maximum absolute atomic E-state index is 3.59. The normalized spacial score (nSPS) is 35.7. The minimum atomic E-state index is 0.471. The lowest BCUT2D eigenvalue weighted by atomic mass is 9.67. The Hall–Kier alpha value is 0.270. The topological polar surface area (TPSA) is 15.3 Å². The molecule has 118 valence electrons. The van der Waals surface area contributed by atoms with E-state index in [-0.39, 0.29) is 0 Å². The van der Waals surface area contributed by atoms with Gasteiger partial charge in [0.25, 0.3) is 0 Å². The first kappa shape index (κ1) is 16.6. The standard InChI is InChI=1S/C17H34N2S/c1-17(2,3)14-6-7-16(18-4)13(10-14)11-19(5)15-8-9-20-12-15/h13-16,18H,6-12H2,1-5H3. The first-order valence-electron chi connectivity index (χ1n) is 8.37. The first-order valence-corrected chi connectivity index (χ1v) is 9.52. The summed E-state index contributed by atoms with van der Waals surface area (Å²) in [5.41, 5.74) is 0.471. The molecule has 1 aliphatic heterocycles. The second-order valence-corrected chi connectivity index (χ2v) is 9.14. The van der Waals surface area contributed by atoms with Gasteiger partial charge in [-0.25, -0.2) is 0 Å². The van der Waals surface area contributed by atoms with Gasteiger partial charge in [-0.3, -0.25) is 0 Å². The quantitative estimate of drug-likeness (QED) is 0.855. The van der Waals surface area contributed by atoms with Crippen molar-refractivity contribution in [3.8, 4) is 0 Å². The second kappa shape index (κ2) is 7.02. The van der Waals surface area contributed by atoms with Gasteiger partial charge in [0.15, 0.2) is 0 Å². The van der Waals surface area contributed by atoms with Crippen LogP contribution in [0.3, 0.4) is 0 Å². The Balaban J connectivity index is 1.94. The van der Waals surface area contributed by atoms with Crippen LogP contribution in [0.15, 0.2) is 0 Å². The van der Waals surface area contributed by atoms with Crippen LogP contribution in [0.2, 0.25) is 0 Å². The molecule has 20 heavy (non-hydrogen) atoms. The van der Waals surface area contributed by atoms with E-state index in [1.54, 1.807) is 0 Å². The van der Waals surface area contributed by atoms with Gasteiger partial charge in [0, 0.05) is 24.4 Å². The van der Waals surface area contributed by atoms with Crippen LogP contribution in [0.1, 0.15) is 46.5 Å². The van der Waals surface area contributed by atoms with Crippen molar-refractivity contribution in [2.45, 2.75) is 58.5 Å². The van der Waals surface area contributed by atoms with E-state index in [2.05, 4.69) is 56.8 Å². The number of rotatable bonds is 4. The molecule has 0 bridgehead atoms. The summed E-state index contributed by atoms with van der Waals surface area (Å²) < 4.78 is 0. The molecule has 4 unspecified atom stereocenters. The lowest BCUT2D eigenvalue weighted by molar-refractivity contribution is 0.0880. The fourth-order valence-electron chi connectivity index (χ4n) is 4.02. The largest absolute Gasteiger partial charge is 0.317 e. The van der Waals surface area contributed by atoms with Crippen molar-refractivity contribution < 1.29 is 0 Å². The van der Waals surface area contributed by atoms with Gasteiger partial charge in [0.1, 0.15) is 0 Å². The minimum Gasteiger partial charge on any atom is -0.317 e. The maximum atomic E-state index is 3.59. The summed E-state index contributed by atoms with van der Waals surface area (Å²) in [6, 6.07) is 1.55. The van der Waals surface area contributed by atoms with Gasteiger partial charge in [0.05, 0.1) is 0 Å². The van der Waals surface area contributed by atoms with Crippen molar-refractivity contribution in [3.05, 3.63) is 0 Å². The van der Waals surface area contributed by atoms with E-state index >= 15 is 0 Å². The molecular weight excluding hydrogens is 264 g/mol. The average Bonchev–Trinajstić information content (AvgIpc) is 2.91. The third-order valence-electron chi connectivity index (χ3n) is 5.63. The molecule has 0 aromatic carbocycles. The molecule has 0 aromatic heterocycles. The Morgan fingerprint density at radius 2 is 1.95 bits per heavy atom. The predicted octanol–water partition coefficient (Wildman–Crippen LogP) is 3.47. The summed E-state index contributed by atoms with van der Waals surface area (Å²) in [6.07, 6.45) is 5.55. The first-order chi connectivity index (χ1) is 9.41. The number of thioether (sulfide) groups is 1. The molecule has 0 spiro atoms. The van der Waals surface area contributed by atoms with Gasteiger partial charge in [-0.05, 0) is 62.8 Å². The predicted molar refractivity (Wildman–Crippen MR) is 91.5 cm³/mol. The SMILES string of the molecule is CNC1CCC(C(C)(C)C)CC1CN(C)C1CCSC1. The summed E-state index contributed by atoms with van der Waals surface area (Å²) in [7, 11) is 4.50. The highest BCUT2D eigenvalue weighted by Gasteiger charge is 2.36. The van der Waals surface area contributed by atoms with Gasteiger partial charge in [-0.2, -0.15) is 11.8 Å². The van der Waals surface area contributed by atoms with Crippen molar-refractivity contribution in [2.75, 3.05) is 32.1 Å². The molecule has 1 N–H and O–H groups in total. The molecule has 1 saturated carbocycles. The molecule has 2 fully saturated rings. The zero-order valence-electron chi connectivity index (χ0n) is 14.1. The summed E-state index contributed by atoms with van der Waals surface area (Å²) in [5, 5.41) is 3.59. The molecule has 1 aliphatic carbocycles. The molecule has 2 rings (SSSR count). The second-order valence-electron chi connectivity index (χ2n) is 7.99.